The van der Waals surface area contributed by atoms with E-state index < -0.39 is 0 Å². The highest BCUT2D eigenvalue weighted by atomic mass is 32.1. The fourth-order valence-electron chi connectivity index (χ4n) is 5.43. The van der Waals surface area contributed by atoms with Gasteiger partial charge in [-0.1, -0.05) is 53.0 Å². The molecular weight excluding hydrogens is 348 g/mol. The molecule has 3 heteroatoms. The van der Waals surface area contributed by atoms with Gasteiger partial charge in [0.05, 0.1) is 11.4 Å². The first-order chi connectivity index (χ1) is 13.0. The zero-order valence-corrected chi connectivity index (χ0v) is 18.5. The largest absolute Gasteiger partial charge is 0.250 e. The number of hydrogen-bond acceptors (Lipinski definition) is 3. The molecule has 2 nitrogen and oxygen atoms in total. The summed E-state index contributed by atoms with van der Waals surface area (Å²) in [6.07, 6.45) is 8.88. The Hall–Kier alpha value is -1.22. The molecule has 1 saturated carbocycles. The van der Waals surface area contributed by atoms with Crippen LogP contribution in [0.3, 0.4) is 0 Å². The van der Waals surface area contributed by atoms with Crippen LogP contribution in [-0.2, 0) is 6.42 Å². The molecule has 0 spiro atoms. The van der Waals surface area contributed by atoms with Crippen LogP contribution in [0.15, 0.2) is 12.1 Å². The zero-order valence-electron chi connectivity index (χ0n) is 17.6. The molecule has 3 atom stereocenters. The van der Waals surface area contributed by atoms with E-state index in [2.05, 4.69) is 46.8 Å². The van der Waals surface area contributed by atoms with E-state index in [0.717, 1.165) is 23.0 Å². The third kappa shape index (κ3) is 3.16. The molecule has 2 aromatic heterocycles. The number of thiazole rings is 1. The highest BCUT2D eigenvalue weighted by Gasteiger charge is 2.57. The Morgan fingerprint density at radius 1 is 1.11 bits per heavy atom. The minimum absolute atomic E-state index is 0.444. The van der Waals surface area contributed by atoms with Crippen molar-refractivity contribution in [3.63, 3.8) is 0 Å². The number of unbranched alkanes of at least 4 members (excludes halogenated alkanes) is 2. The molecule has 1 fully saturated rings. The molecule has 0 saturated heterocycles. The number of rotatable bonds is 7. The lowest BCUT2D eigenvalue weighted by molar-refractivity contribution is -0.0102. The maximum Gasteiger partial charge on any atom is 0.142 e. The van der Waals surface area contributed by atoms with E-state index in [4.69, 9.17) is 9.97 Å². The number of aromatic nitrogens is 2. The Morgan fingerprint density at radius 3 is 2.59 bits per heavy atom. The molecule has 0 aromatic carbocycles. The number of hydrogen-bond donors (Lipinski definition) is 0. The van der Waals surface area contributed by atoms with Crippen molar-refractivity contribution in [1.82, 2.24) is 9.97 Å². The van der Waals surface area contributed by atoms with E-state index >= 15 is 0 Å². The minimum atomic E-state index is 0.444. The van der Waals surface area contributed by atoms with Crippen LogP contribution in [0, 0.1) is 18.3 Å². The fraction of sp³-hybridized carbons (Fsp3) is 0.667. The summed E-state index contributed by atoms with van der Waals surface area (Å²) in [5.74, 6) is 2.15. The van der Waals surface area contributed by atoms with Gasteiger partial charge in [0.2, 0.25) is 0 Å². The van der Waals surface area contributed by atoms with Crippen LogP contribution in [-0.4, -0.2) is 9.97 Å². The number of pyridine rings is 1. The van der Waals surface area contributed by atoms with Crippen molar-refractivity contribution < 1.29 is 0 Å². The van der Waals surface area contributed by atoms with E-state index in [9.17, 15) is 0 Å². The van der Waals surface area contributed by atoms with Crippen LogP contribution < -0.4 is 0 Å². The molecule has 146 valence electrons. The van der Waals surface area contributed by atoms with Gasteiger partial charge in [0.25, 0.3) is 0 Å². The quantitative estimate of drug-likeness (QED) is 0.503. The molecule has 2 heterocycles. The van der Waals surface area contributed by atoms with Gasteiger partial charge in [0.1, 0.15) is 5.01 Å². The monoisotopic (exact) mass is 382 g/mol. The van der Waals surface area contributed by atoms with Crippen molar-refractivity contribution in [3.8, 4) is 10.7 Å². The Morgan fingerprint density at radius 2 is 1.89 bits per heavy atom. The van der Waals surface area contributed by atoms with Gasteiger partial charge < -0.3 is 0 Å². The summed E-state index contributed by atoms with van der Waals surface area (Å²) in [5, 5.41) is 1.12. The molecule has 27 heavy (non-hydrogen) atoms. The van der Waals surface area contributed by atoms with Gasteiger partial charge in [-0.3, -0.25) is 0 Å². The second kappa shape index (κ2) is 7.31. The van der Waals surface area contributed by atoms with Gasteiger partial charge in [0, 0.05) is 16.5 Å². The van der Waals surface area contributed by atoms with Gasteiger partial charge >= 0.3 is 0 Å². The molecule has 0 aliphatic heterocycles. The molecule has 2 aromatic rings. The highest BCUT2D eigenvalue weighted by molar-refractivity contribution is 7.15. The third-order valence-electron chi connectivity index (χ3n) is 7.25. The summed E-state index contributed by atoms with van der Waals surface area (Å²) in [4.78, 5) is 11.6. The van der Waals surface area contributed by atoms with Gasteiger partial charge in [-0.2, -0.15) is 0 Å². The van der Waals surface area contributed by atoms with Gasteiger partial charge in [-0.15, -0.1) is 11.3 Å². The first-order valence-electron chi connectivity index (χ1n) is 10.9. The maximum absolute atomic E-state index is 5.25. The van der Waals surface area contributed by atoms with Crippen molar-refractivity contribution in [2.45, 2.75) is 91.4 Å². The summed E-state index contributed by atoms with van der Waals surface area (Å²) in [7, 11) is 0. The fourth-order valence-corrected chi connectivity index (χ4v) is 6.50. The molecule has 0 unspecified atom stereocenters. The smallest absolute Gasteiger partial charge is 0.142 e. The van der Waals surface area contributed by atoms with E-state index in [1.54, 1.807) is 0 Å². The lowest BCUT2D eigenvalue weighted by atomic mass is 9.44. The average Bonchev–Trinajstić information content (AvgIpc) is 3.04. The standard InChI is InChI=1S/C24H34N2S/c1-6-8-10-16-18-14-19(24(18,4)5)17-12-13-20(26-22(16)17)23-25-15(3)21(27-23)11-9-7-2/h12-13,16,18-19H,6-11,14H2,1-5H3/t16-,18+,19-/m0/s1. The van der Waals surface area contributed by atoms with E-state index in [0.29, 0.717) is 17.3 Å². The van der Waals surface area contributed by atoms with Crippen molar-refractivity contribution >= 4 is 11.3 Å². The first-order valence-corrected chi connectivity index (χ1v) is 11.8. The second-order valence-corrected chi connectivity index (χ2v) is 10.4. The topological polar surface area (TPSA) is 25.8 Å². The van der Waals surface area contributed by atoms with Gasteiger partial charge in [-0.25, -0.2) is 9.97 Å². The minimum Gasteiger partial charge on any atom is -0.250 e. The third-order valence-corrected chi connectivity index (χ3v) is 8.49. The molecule has 3 aliphatic rings. The van der Waals surface area contributed by atoms with Crippen molar-refractivity contribution in [1.29, 1.82) is 0 Å². The van der Waals surface area contributed by atoms with Crippen LogP contribution >= 0.6 is 11.3 Å². The Labute approximate surface area is 168 Å². The van der Waals surface area contributed by atoms with Crippen molar-refractivity contribution in [2.24, 2.45) is 11.3 Å². The van der Waals surface area contributed by atoms with Gasteiger partial charge in [-0.05, 0) is 61.5 Å². The predicted molar refractivity (Wildman–Crippen MR) is 116 cm³/mol. The first kappa shape index (κ1) is 19.1. The molecule has 2 bridgehead atoms. The Balaban J connectivity index is 1.69. The summed E-state index contributed by atoms with van der Waals surface area (Å²) < 4.78 is 0. The summed E-state index contributed by atoms with van der Waals surface area (Å²) in [6.45, 7) is 11.7. The normalized spacial score (nSPS) is 25.1. The molecule has 0 radical (unpaired) electrons. The lowest BCUT2D eigenvalue weighted by Crippen LogP contribution is -2.50. The van der Waals surface area contributed by atoms with Crippen LogP contribution in [0.25, 0.3) is 10.7 Å². The molecule has 3 aliphatic carbocycles. The maximum atomic E-state index is 5.25. The van der Waals surface area contributed by atoms with Crippen LogP contribution in [0.1, 0.15) is 99.9 Å². The average molecular weight is 383 g/mol. The van der Waals surface area contributed by atoms with E-state index in [1.165, 1.54) is 60.4 Å². The lowest BCUT2D eigenvalue weighted by Gasteiger charge is -2.60. The van der Waals surface area contributed by atoms with E-state index in [1.807, 2.05) is 11.3 Å². The summed E-state index contributed by atoms with van der Waals surface area (Å²) in [6, 6.07) is 4.63. The summed E-state index contributed by atoms with van der Waals surface area (Å²) >= 11 is 1.86. The van der Waals surface area contributed by atoms with Crippen molar-refractivity contribution in [2.75, 3.05) is 0 Å². The SMILES string of the molecule is CCCCc1sc(-c2ccc3c(n2)[C@@H](CCCC)[C@H]2C[C@@H]3C2(C)C)nc1C. The molecule has 5 rings (SSSR count). The van der Waals surface area contributed by atoms with Crippen LogP contribution in [0.5, 0.6) is 0 Å². The Kier molecular flexibility index (Phi) is 5.18. The van der Waals surface area contributed by atoms with E-state index in [-0.39, 0.29) is 0 Å². The number of nitrogens with zero attached hydrogens (tertiary/aromatic N) is 2. The second-order valence-electron chi connectivity index (χ2n) is 9.27. The molecule has 0 amide bonds. The molecule has 0 N–H and O–H groups in total. The van der Waals surface area contributed by atoms with Crippen molar-refractivity contribution in [3.05, 3.63) is 34.0 Å². The summed E-state index contributed by atoms with van der Waals surface area (Å²) in [5.41, 5.74) is 5.69. The zero-order chi connectivity index (χ0) is 19.2. The predicted octanol–water partition coefficient (Wildman–Crippen LogP) is 7.27. The molecular formula is C24H34N2S. The van der Waals surface area contributed by atoms with Crippen LogP contribution in [0.2, 0.25) is 0 Å². The number of aryl methyl sites for hydroxylation is 2. The van der Waals surface area contributed by atoms with Gasteiger partial charge in [0.15, 0.2) is 0 Å². The highest BCUT2D eigenvalue weighted by Crippen LogP contribution is 2.67. The Bertz CT molecular complexity index is 820. The van der Waals surface area contributed by atoms with Crippen LogP contribution in [0.4, 0.5) is 0 Å².